The predicted molar refractivity (Wildman–Crippen MR) is 111 cm³/mol. The van der Waals surface area contributed by atoms with Gasteiger partial charge in [0.15, 0.2) is 0 Å². The van der Waals surface area contributed by atoms with Gasteiger partial charge in [-0.05, 0) is 42.3 Å². The first-order valence-corrected chi connectivity index (χ1v) is 9.39. The van der Waals surface area contributed by atoms with Crippen LogP contribution in [-0.2, 0) is 9.53 Å². The zero-order chi connectivity index (χ0) is 21.5. The quantitative estimate of drug-likeness (QED) is 0.356. The van der Waals surface area contributed by atoms with E-state index in [0.29, 0.717) is 11.7 Å². The van der Waals surface area contributed by atoms with Crippen molar-refractivity contribution < 1.29 is 28.9 Å². The number of rotatable bonds is 10. The fraction of sp³-hybridized carbons (Fsp3) is 0.304. The molecule has 2 rings (SSSR count). The molecule has 2 aromatic carbocycles. The first-order chi connectivity index (χ1) is 14.0. The second-order valence-corrected chi connectivity index (χ2v) is 6.19. The Morgan fingerprint density at radius 3 is 2.17 bits per heavy atom. The van der Waals surface area contributed by atoms with Gasteiger partial charge in [-0.25, -0.2) is 9.59 Å². The molecular weight excluding hydrogens is 372 g/mol. The molecule has 1 atom stereocenters. The molecule has 0 amide bonds. The van der Waals surface area contributed by atoms with Crippen molar-refractivity contribution in [3.05, 3.63) is 72.8 Å². The summed E-state index contributed by atoms with van der Waals surface area (Å²) in [6.45, 7) is 8.77. The Hall–Kier alpha value is -3.28. The summed E-state index contributed by atoms with van der Waals surface area (Å²) >= 11 is 0. The summed E-state index contributed by atoms with van der Waals surface area (Å²) in [5, 5.41) is 8.67. The molecule has 1 unspecified atom stereocenters. The molecule has 0 heterocycles. The van der Waals surface area contributed by atoms with Gasteiger partial charge in [-0.3, -0.25) is 0 Å². The second-order valence-electron chi connectivity index (χ2n) is 6.19. The minimum Gasteiger partial charge on any atom is -0.493 e. The second kappa shape index (κ2) is 13.8. The minimum atomic E-state index is -0.989. The highest BCUT2D eigenvalue weighted by Crippen LogP contribution is 2.12. The van der Waals surface area contributed by atoms with Crippen molar-refractivity contribution in [3.63, 3.8) is 0 Å². The lowest BCUT2D eigenvalue weighted by molar-refractivity contribution is -0.138. The van der Waals surface area contributed by atoms with E-state index < -0.39 is 11.9 Å². The monoisotopic (exact) mass is 400 g/mol. The smallest absolute Gasteiger partial charge is 0.335 e. The van der Waals surface area contributed by atoms with Gasteiger partial charge in [0, 0.05) is 6.08 Å². The molecule has 6 nitrogen and oxygen atoms in total. The molecule has 2 aromatic rings. The van der Waals surface area contributed by atoms with Crippen molar-refractivity contribution >= 4 is 11.9 Å². The molecule has 0 saturated heterocycles. The summed E-state index contributed by atoms with van der Waals surface area (Å²) in [6, 6.07) is 15.9. The fourth-order valence-corrected chi connectivity index (χ4v) is 1.93. The molecule has 6 heteroatoms. The van der Waals surface area contributed by atoms with E-state index in [1.54, 1.807) is 12.1 Å². The summed E-state index contributed by atoms with van der Waals surface area (Å²) in [6.07, 6.45) is 2.24. The summed E-state index contributed by atoms with van der Waals surface area (Å²) < 4.78 is 15.5. The molecule has 0 aliphatic rings. The summed E-state index contributed by atoms with van der Waals surface area (Å²) in [5.74, 6) is 0.638. The average molecular weight is 400 g/mol. The number of carbonyl (C=O) groups is 2. The van der Waals surface area contributed by atoms with Crippen molar-refractivity contribution in [2.75, 3.05) is 19.8 Å². The number of carboxylic acid groups (broad SMARTS) is 1. The van der Waals surface area contributed by atoms with Crippen LogP contribution in [0.2, 0.25) is 0 Å². The van der Waals surface area contributed by atoms with Crippen LogP contribution in [0.1, 0.15) is 30.6 Å². The van der Waals surface area contributed by atoms with Crippen LogP contribution < -0.4 is 9.47 Å². The SMILES string of the molecule is C=CC(=O)OCCOc1ccc(C(=O)O)cc1.CCC(C)COc1ccccc1. The number of hydrogen-bond donors (Lipinski definition) is 1. The van der Waals surface area contributed by atoms with E-state index in [2.05, 4.69) is 20.4 Å². The van der Waals surface area contributed by atoms with E-state index in [-0.39, 0.29) is 18.8 Å². The van der Waals surface area contributed by atoms with Crippen LogP contribution >= 0.6 is 0 Å². The number of carbonyl (C=O) groups excluding carboxylic acids is 1. The van der Waals surface area contributed by atoms with Gasteiger partial charge in [0.1, 0.15) is 24.7 Å². The predicted octanol–water partition coefficient (Wildman–Crippen LogP) is 4.60. The molecule has 0 aliphatic carbocycles. The van der Waals surface area contributed by atoms with Gasteiger partial charge in [0.2, 0.25) is 0 Å². The lowest BCUT2D eigenvalue weighted by atomic mass is 10.1. The third-order valence-electron chi connectivity index (χ3n) is 3.84. The highest BCUT2D eigenvalue weighted by Gasteiger charge is 2.02. The Labute approximate surface area is 171 Å². The molecule has 0 aromatic heterocycles. The number of ether oxygens (including phenoxy) is 3. The van der Waals surface area contributed by atoms with E-state index in [1.807, 2.05) is 30.3 Å². The number of carboxylic acids is 1. The van der Waals surface area contributed by atoms with Crippen LogP contribution in [0.25, 0.3) is 0 Å². The third-order valence-corrected chi connectivity index (χ3v) is 3.84. The van der Waals surface area contributed by atoms with E-state index >= 15 is 0 Å². The number of hydrogen-bond acceptors (Lipinski definition) is 5. The lowest BCUT2D eigenvalue weighted by Gasteiger charge is -2.10. The zero-order valence-corrected chi connectivity index (χ0v) is 16.9. The van der Waals surface area contributed by atoms with Crippen molar-refractivity contribution in [1.82, 2.24) is 0 Å². The van der Waals surface area contributed by atoms with Crippen molar-refractivity contribution in [3.8, 4) is 11.5 Å². The van der Waals surface area contributed by atoms with Crippen LogP contribution in [-0.4, -0.2) is 36.9 Å². The molecule has 0 spiro atoms. The van der Waals surface area contributed by atoms with Gasteiger partial charge in [-0.1, -0.05) is 45.0 Å². The maximum Gasteiger partial charge on any atom is 0.335 e. The molecular formula is C23H28O6. The molecule has 0 fully saturated rings. The van der Waals surface area contributed by atoms with Crippen molar-refractivity contribution in [2.24, 2.45) is 5.92 Å². The Kier molecular flexibility index (Phi) is 11.3. The van der Waals surface area contributed by atoms with Gasteiger partial charge in [0.05, 0.1) is 12.2 Å². The molecule has 0 bridgehead atoms. The van der Waals surface area contributed by atoms with Gasteiger partial charge < -0.3 is 19.3 Å². The van der Waals surface area contributed by atoms with Gasteiger partial charge in [0.25, 0.3) is 0 Å². The molecule has 156 valence electrons. The standard InChI is InChI=1S/C12H12O5.C11H16O/c1-2-11(13)17-8-7-16-10-5-3-9(4-6-10)12(14)15;1-3-10(2)9-12-11-7-5-4-6-8-11/h2-6H,1,7-8H2,(H,14,15);4-8,10H,3,9H2,1-2H3. The van der Waals surface area contributed by atoms with E-state index in [0.717, 1.165) is 18.4 Å². The zero-order valence-electron chi connectivity index (χ0n) is 16.9. The first kappa shape index (κ1) is 23.8. The Bertz CT molecular complexity index is 740. The number of benzene rings is 2. The van der Waals surface area contributed by atoms with Gasteiger partial charge >= 0.3 is 11.9 Å². The lowest BCUT2D eigenvalue weighted by Crippen LogP contribution is -2.10. The summed E-state index contributed by atoms with van der Waals surface area (Å²) in [5.41, 5.74) is 0.190. The largest absolute Gasteiger partial charge is 0.493 e. The molecule has 29 heavy (non-hydrogen) atoms. The Morgan fingerprint density at radius 2 is 1.62 bits per heavy atom. The van der Waals surface area contributed by atoms with Gasteiger partial charge in [-0.15, -0.1) is 0 Å². The maximum atomic E-state index is 10.7. The van der Waals surface area contributed by atoms with Crippen LogP contribution in [0.3, 0.4) is 0 Å². The molecule has 1 N–H and O–H groups in total. The fourth-order valence-electron chi connectivity index (χ4n) is 1.93. The van der Waals surface area contributed by atoms with Crippen molar-refractivity contribution in [2.45, 2.75) is 20.3 Å². The number of aromatic carboxylic acids is 1. The van der Waals surface area contributed by atoms with Crippen LogP contribution in [0, 0.1) is 5.92 Å². The molecule has 0 aliphatic heterocycles. The topological polar surface area (TPSA) is 82.1 Å². The number of esters is 1. The first-order valence-electron chi connectivity index (χ1n) is 9.39. The normalized spacial score (nSPS) is 10.7. The minimum absolute atomic E-state index is 0.117. The van der Waals surface area contributed by atoms with Crippen molar-refractivity contribution in [1.29, 1.82) is 0 Å². The van der Waals surface area contributed by atoms with Gasteiger partial charge in [-0.2, -0.15) is 0 Å². The van der Waals surface area contributed by atoms with Crippen LogP contribution in [0.15, 0.2) is 67.3 Å². The van der Waals surface area contributed by atoms with E-state index in [9.17, 15) is 9.59 Å². The summed E-state index contributed by atoms with van der Waals surface area (Å²) in [4.78, 5) is 21.3. The van der Waals surface area contributed by atoms with E-state index in [1.165, 1.54) is 18.6 Å². The molecule has 0 saturated carbocycles. The van der Waals surface area contributed by atoms with E-state index in [4.69, 9.17) is 19.3 Å². The Morgan fingerprint density at radius 1 is 1.00 bits per heavy atom. The molecule has 0 radical (unpaired) electrons. The summed E-state index contributed by atoms with van der Waals surface area (Å²) in [7, 11) is 0. The average Bonchev–Trinajstić information content (AvgIpc) is 2.76. The van der Waals surface area contributed by atoms with Crippen LogP contribution in [0.4, 0.5) is 0 Å². The highest BCUT2D eigenvalue weighted by molar-refractivity contribution is 5.87. The maximum absolute atomic E-state index is 10.7. The van der Waals surface area contributed by atoms with Crippen LogP contribution in [0.5, 0.6) is 11.5 Å². The highest BCUT2D eigenvalue weighted by atomic mass is 16.6. The third kappa shape index (κ3) is 10.6. The Balaban J connectivity index is 0.000000308. The number of para-hydroxylation sites is 1.